The number of carbonyl (C=O) groups is 2. The van der Waals surface area contributed by atoms with E-state index in [9.17, 15) is 9.59 Å². The second-order valence-corrected chi connectivity index (χ2v) is 6.77. The molecule has 5 nitrogen and oxygen atoms in total. The highest BCUT2D eigenvalue weighted by Gasteiger charge is 2.09. The Balaban J connectivity index is 2.02. The third-order valence-corrected chi connectivity index (χ3v) is 3.37. The first kappa shape index (κ1) is 18.4. The van der Waals surface area contributed by atoms with Gasteiger partial charge in [-0.25, -0.2) is 0 Å². The molecule has 0 fully saturated rings. The van der Waals surface area contributed by atoms with Crippen molar-refractivity contribution in [1.82, 2.24) is 10.3 Å². The van der Waals surface area contributed by atoms with Gasteiger partial charge in [-0.15, -0.1) is 0 Å². The molecule has 0 saturated carbocycles. The number of benzene rings is 1. The van der Waals surface area contributed by atoms with Crippen molar-refractivity contribution in [1.29, 1.82) is 0 Å². The molecular formula is C20H23N3O2. The monoisotopic (exact) mass is 337 g/mol. The van der Waals surface area contributed by atoms with Crippen molar-refractivity contribution in [2.75, 3.05) is 5.32 Å². The highest BCUT2D eigenvalue weighted by molar-refractivity contribution is 6.00. The molecule has 1 heterocycles. The molecule has 2 N–H and O–H groups in total. The van der Waals surface area contributed by atoms with Crippen molar-refractivity contribution >= 4 is 17.5 Å². The van der Waals surface area contributed by atoms with Gasteiger partial charge in [-0.1, -0.05) is 45.0 Å². The molecule has 1 aromatic carbocycles. The Morgan fingerprint density at radius 2 is 1.88 bits per heavy atom. The number of nitrogens with zero attached hydrogens (tertiary/aromatic N) is 1. The molecule has 0 atom stereocenters. The molecule has 2 amide bonds. The Morgan fingerprint density at radius 1 is 1.12 bits per heavy atom. The highest BCUT2D eigenvalue weighted by atomic mass is 16.2. The third kappa shape index (κ3) is 6.22. The standard InChI is InChI=1S/C20H23N3O2/c1-20(2,3)11-10-18(24)23-17-9-5-4-7-15(17)14-22-19(25)16-8-6-12-21-13-16/h4-13H,14H2,1-3H3,(H,22,25)(H,23,24)/b11-10+. The van der Waals surface area contributed by atoms with Gasteiger partial charge < -0.3 is 10.6 Å². The van der Waals surface area contributed by atoms with Crippen LogP contribution in [0.15, 0.2) is 60.9 Å². The van der Waals surface area contributed by atoms with Crippen LogP contribution in [-0.4, -0.2) is 16.8 Å². The molecule has 0 aliphatic carbocycles. The van der Waals surface area contributed by atoms with Crippen molar-refractivity contribution in [2.24, 2.45) is 5.41 Å². The van der Waals surface area contributed by atoms with Crippen LogP contribution in [0.1, 0.15) is 36.7 Å². The lowest BCUT2D eigenvalue weighted by Crippen LogP contribution is -2.23. The Hall–Kier alpha value is -2.95. The molecule has 0 spiro atoms. The van der Waals surface area contributed by atoms with E-state index in [0.29, 0.717) is 17.8 Å². The van der Waals surface area contributed by atoms with E-state index in [1.807, 2.05) is 51.1 Å². The minimum absolute atomic E-state index is 0.0610. The lowest BCUT2D eigenvalue weighted by atomic mass is 9.96. The topological polar surface area (TPSA) is 71.1 Å². The van der Waals surface area contributed by atoms with Crippen LogP contribution in [0.3, 0.4) is 0 Å². The fourth-order valence-corrected chi connectivity index (χ4v) is 2.07. The maximum atomic E-state index is 12.1. The quantitative estimate of drug-likeness (QED) is 0.820. The van der Waals surface area contributed by atoms with E-state index >= 15 is 0 Å². The maximum absolute atomic E-state index is 12.1. The number of pyridine rings is 1. The summed E-state index contributed by atoms with van der Waals surface area (Å²) in [6.07, 6.45) is 6.52. The van der Waals surface area contributed by atoms with Gasteiger partial charge in [0.25, 0.3) is 5.91 Å². The van der Waals surface area contributed by atoms with Gasteiger partial charge >= 0.3 is 0 Å². The zero-order valence-electron chi connectivity index (χ0n) is 14.7. The average Bonchev–Trinajstić information content (AvgIpc) is 2.59. The van der Waals surface area contributed by atoms with E-state index < -0.39 is 0 Å². The molecule has 0 radical (unpaired) electrons. The van der Waals surface area contributed by atoms with Crippen LogP contribution >= 0.6 is 0 Å². The normalized spacial score (nSPS) is 11.3. The molecule has 0 aliphatic rings. The van der Waals surface area contributed by atoms with Crippen molar-refractivity contribution < 1.29 is 9.59 Å². The van der Waals surface area contributed by atoms with Crippen LogP contribution < -0.4 is 10.6 Å². The molecule has 1 aromatic heterocycles. The van der Waals surface area contributed by atoms with Gasteiger partial charge in [-0.05, 0) is 35.3 Å². The Labute approximate surface area is 148 Å². The van der Waals surface area contributed by atoms with E-state index in [1.165, 1.54) is 12.3 Å². The van der Waals surface area contributed by atoms with Gasteiger partial charge in [-0.2, -0.15) is 0 Å². The highest BCUT2D eigenvalue weighted by Crippen LogP contribution is 2.17. The molecule has 2 rings (SSSR count). The van der Waals surface area contributed by atoms with Crippen LogP contribution in [0, 0.1) is 5.41 Å². The Morgan fingerprint density at radius 3 is 2.56 bits per heavy atom. The molecule has 0 aliphatic heterocycles. The number of para-hydroxylation sites is 1. The van der Waals surface area contributed by atoms with Gasteiger partial charge in [-0.3, -0.25) is 14.6 Å². The number of nitrogens with one attached hydrogen (secondary N) is 2. The average molecular weight is 337 g/mol. The molecule has 5 heteroatoms. The van der Waals surface area contributed by atoms with Crippen LogP contribution in [-0.2, 0) is 11.3 Å². The zero-order chi connectivity index (χ0) is 18.3. The summed E-state index contributed by atoms with van der Waals surface area (Å²) in [4.78, 5) is 28.1. The largest absolute Gasteiger partial charge is 0.348 e. The van der Waals surface area contributed by atoms with Crippen LogP contribution in [0.25, 0.3) is 0 Å². The van der Waals surface area contributed by atoms with Crippen molar-refractivity contribution in [3.05, 3.63) is 72.1 Å². The second kappa shape index (κ2) is 8.24. The summed E-state index contributed by atoms with van der Waals surface area (Å²) in [6, 6.07) is 10.8. The number of hydrogen-bond acceptors (Lipinski definition) is 3. The number of amides is 2. The Bertz CT molecular complexity index is 762. The molecule has 25 heavy (non-hydrogen) atoms. The summed E-state index contributed by atoms with van der Waals surface area (Å²) >= 11 is 0. The predicted molar refractivity (Wildman–Crippen MR) is 99.1 cm³/mol. The molecule has 0 saturated heterocycles. The molecule has 0 bridgehead atoms. The minimum Gasteiger partial charge on any atom is -0.348 e. The fourth-order valence-electron chi connectivity index (χ4n) is 2.07. The zero-order valence-corrected chi connectivity index (χ0v) is 14.7. The van der Waals surface area contributed by atoms with E-state index in [2.05, 4.69) is 15.6 Å². The third-order valence-electron chi connectivity index (χ3n) is 3.37. The summed E-state index contributed by atoms with van der Waals surface area (Å²) in [5, 5.41) is 5.69. The smallest absolute Gasteiger partial charge is 0.253 e. The number of hydrogen-bond donors (Lipinski definition) is 2. The van der Waals surface area contributed by atoms with Gasteiger partial charge in [0.2, 0.25) is 5.91 Å². The van der Waals surface area contributed by atoms with E-state index in [4.69, 9.17) is 0 Å². The summed E-state index contributed by atoms with van der Waals surface area (Å²) in [5.41, 5.74) is 1.95. The number of aromatic nitrogens is 1. The minimum atomic E-state index is -0.207. The van der Waals surface area contributed by atoms with Crippen molar-refractivity contribution in [3.63, 3.8) is 0 Å². The van der Waals surface area contributed by atoms with Gasteiger partial charge in [0.1, 0.15) is 0 Å². The maximum Gasteiger partial charge on any atom is 0.253 e. The molecule has 0 unspecified atom stereocenters. The van der Waals surface area contributed by atoms with Crippen LogP contribution in [0.5, 0.6) is 0 Å². The van der Waals surface area contributed by atoms with E-state index in [0.717, 1.165) is 5.56 Å². The predicted octanol–water partition coefficient (Wildman–Crippen LogP) is 3.55. The summed E-state index contributed by atoms with van der Waals surface area (Å²) in [6.45, 7) is 6.39. The van der Waals surface area contributed by atoms with Crippen LogP contribution in [0.4, 0.5) is 5.69 Å². The number of carbonyl (C=O) groups excluding carboxylic acids is 2. The summed E-state index contributed by atoms with van der Waals surface area (Å²) in [5.74, 6) is -0.400. The van der Waals surface area contributed by atoms with Gasteiger partial charge in [0, 0.05) is 24.6 Å². The van der Waals surface area contributed by atoms with E-state index in [-0.39, 0.29) is 17.2 Å². The van der Waals surface area contributed by atoms with Crippen molar-refractivity contribution in [2.45, 2.75) is 27.3 Å². The first-order valence-electron chi connectivity index (χ1n) is 8.11. The second-order valence-electron chi connectivity index (χ2n) is 6.77. The first-order chi connectivity index (χ1) is 11.8. The van der Waals surface area contributed by atoms with Gasteiger partial charge in [0.15, 0.2) is 0 Å². The first-order valence-corrected chi connectivity index (χ1v) is 8.11. The number of anilines is 1. The lowest BCUT2D eigenvalue weighted by molar-refractivity contribution is -0.112. The molecule has 2 aromatic rings. The van der Waals surface area contributed by atoms with Crippen molar-refractivity contribution in [3.8, 4) is 0 Å². The lowest BCUT2D eigenvalue weighted by Gasteiger charge is -2.13. The SMILES string of the molecule is CC(C)(C)/C=C/C(=O)Nc1ccccc1CNC(=O)c1cccnc1. The fraction of sp³-hybridized carbons (Fsp3) is 0.250. The summed E-state index contributed by atoms with van der Waals surface area (Å²) in [7, 11) is 0. The molecular weight excluding hydrogens is 314 g/mol. The summed E-state index contributed by atoms with van der Waals surface area (Å²) < 4.78 is 0. The molecule has 130 valence electrons. The van der Waals surface area contributed by atoms with E-state index in [1.54, 1.807) is 18.3 Å². The van der Waals surface area contributed by atoms with Crippen LogP contribution in [0.2, 0.25) is 0 Å². The number of allylic oxidation sites excluding steroid dienone is 1. The van der Waals surface area contributed by atoms with Gasteiger partial charge in [0.05, 0.1) is 5.56 Å². The number of rotatable bonds is 5. The Kier molecular flexibility index (Phi) is 6.06.